The second kappa shape index (κ2) is 2.67. The normalized spacial score (nSPS) is 36.7. The molecule has 0 aliphatic carbocycles. The maximum Gasteiger partial charge on any atom is 0.0541 e. The summed E-state index contributed by atoms with van der Waals surface area (Å²) in [4.78, 5) is 0. The van der Waals surface area contributed by atoms with Crippen molar-refractivity contribution >= 4 is 0 Å². The smallest absolute Gasteiger partial charge is 0.0541 e. The lowest BCUT2D eigenvalue weighted by atomic mass is 9.86. The van der Waals surface area contributed by atoms with Gasteiger partial charge in [-0.15, -0.1) is 0 Å². The second-order valence-electron chi connectivity index (χ2n) is 3.12. The van der Waals surface area contributed by atoms with E-state index in [-0.39, 0.29) is 12.0 Å². The topological polar surface area (TPSA) is 29.5 Å². The van der Waals surface area contributed by atoms with Gasteiger partial charge in [0.05, 0.1) is 13.2 Å². The van der Waals surface area contributed by atoms with Crippen LogP contribution in [0.15, 0.2) is 0 Å². The van der Waals surface area contributed by atoms with E-state index in [0.29, 0.717) is 0 Å². The van der Waals surface area contributed by atoms with Crippen LogP contribution in [0, 0.1) is 5.41 Å². The zero-order chi connectivity index (χ0) is 6.74. The van der Waals surface area contributed by atoms with Crippen LogP contribution in [-0.2, 0) is 4.74 Å². The zero-order valence-electron chi connectivity index (χ0n) is 5.89. The largest absolute Gasteiger partial charge is 0.396 e. The van der Waals surface area contributed by atoms with Crippen LogP contribution in [0.1, 0.15) is 19.8 Å². The third kappa shape index (κ3) is 1.66. The Morgan fingerprint density at radius 3 is 2.78 bits per heavy atom. The van der Waals surface area contributed by atoms with Gasteiger partial charge in [0.2, 0.25) is 0 Å². The first-order valence-corrected chi connectivity index (χ1v) is 3.45. The van der Waals surface area contributed by atoms with Gasteiger partial charge in [0.1, 0.15) is 0 Å². The zero-order valence-corrected chi connectivity index (χ0v) is 5.89. The first-order valence-electron chi connectivity index (χ1n) is 3.45. The average Bonchev–Trinajstić information content (AvgIpc) is 1.90. The third-order valence-corrected chi connectivity index (χ3v) is 1.90. The molecule has 1 saturated heterocycles. The summed E-state index contributed by atoms with van der Waals surface area (Å²) in [6.45, 7) is 3.91. The molecule has 2 heteroatoms. The summed E-state index contributed by atoms with van der Waals surface area (Å²) in [6.07, 6.45) is 2.20. The first-order chi connectivity index (χ1) is 4.27. The van der Waals surface area contributed by atoms with Gasteiger partial charge in [-0.1, -0.05) is 6.92 Å². The Bertz CT molecular complexity index is 84.9. The molecular weight excluding hydrogens is 116 g/mol. The van der Waals surface area contributed by atoms with Gasteiger partial charge in [-0.05, 0) is 12.8 Å². The van der Waals surface area contributed by atoms with Crippen molar-refractivity contribution in [1.29, 1.82) is 0 Å². The van der Waals surface area contributed by atoms with Crippen molar-refractivity contribution in [3.8, 4) is 0 Å². The number of rotatable bonds is 1. The number of aliphatic hydroxyl groups is 1. The van der Waals surface area contributed by atoms with Gasteiger partial charge in [0.25, 0.3) is 0 Å². The van der Waals surface area contributed by atoms with Crippen LogP contribution in [0.25, 0.3) is 0 Å². The van der Waals surface area contributed by atoms with Crippen molar-refractivity contribution in [3.05, 3.63) is 0 Å². The highest BCUT2D eigenvalue weighted by atomic mass is 16.5. The monoisotopic (exact) mass is 130 g/mol. The van der Waals surface area contributed by atoms with Crippen molar-refractivity contribution in [2.45, 2.75) is 19.8 Å². The molecular formula is C7H14O2. The van der Waals surface area contributed by atoms with E-state index in [4.69, 9.17) is 9.84 Å². The molecule has 0 radical (unpaired) electrons. The summed E-state index contributed by atoms with van der Waals surface area (Å²) in [7, 11) is 0. The Kier molecular flexibility index (Phi) is 2.09. The first kappa shape index (κ1) is 7.03. The summed E-state index contributed by atoms with van der Waals surface area (Å²) in [6, 6.07) is 0. The van der Waals surface area contributed by atoms with Gasteiger partial charge in [0, 0.05) is 12.0 Å². The van der Waals surface area contributed by atoms with Crippen LogP contribution in [-0.4, -0.2) is 24.9 Å². The standard InChI is InChI=1S/C7H14O2/c1-7(5-8)3-2-4-9-6-7/h8H,2-6H2,1H3/t7-/m1/s1. The van der Waals surface area contributed by atoms with E-state index in [2.05, 4.69) is 6.92 Å². The van der Waals surface area contributed by atoms with Gasteiger partial charge in [-0.25, -0.2) is 0 Å². The third-order valence-electron chi connectivity index (χ3n) is 1.90. The fourth-order valence-corrected chi connectivity index (χ4v) is 1.12. The van der Waals surface area contributed by atoms with E-state index in [0.717, 1.165) is 26.1 Å². The van der Waals surface area contributed by atoms with Crippen LogP contribution in [0.5, 0.6) is 0 Å². The van der Waals surface area contributed by atoms with E-state index >= 15 is 0 Å². The van der Waals surface area contributed by atoms with Crippen LogP contribution in [0.4, 0.5) is 0 Å². The molecule has 54 valence electrons. The summed E-state index contributed by atoms with van der Waals surface area (Å²) < 4.78 is 5.22. The lowest BCUT2D eigenvalue weighted by molar-refractivity contribution is -0.0271. The summed E-state index contributed by atoms with van der Waals surface area (Å²) in [5, 5.41) is 8.87. The molecule has 9 heavy (non-hydrogen) atoms. The number of hydrogen-bond donors (Lipinski definition) is 1. The molecule has 0 unspecified atom stereocenters. The Morgan fingerprint density at radius 2 is 2.44 bits per heavy atom. The molecule has 0 saturated carbocycles. The summed E-state index contributed by atoms with van der Waals surface area (Å²) in [5.41, 5.74) is 0.0538. The molecule has 0 aromatic heterocycles. The van der Waals surface area contributed by atoms with E-state index in [1.807, 2.05) is 0 Å². The summed E-state index contributed by atoms with van der Waals surface area (Å²) in [5.74, 6) is 0. The lowest BCUT2D eigenvalue weighted by Gasteiger charge is -2.30. The Balaban J connectivity index is 2.37. The molecule has 0 aromatic carbocycles. The number of aliphatic hydroxyl groups excluding tert-OH is 1. The minimum Gasteiger partial charge on any atom is -0.396 e. The predicted molar refractivity (Wildman–Crippen MR) is 35.2 cm³/mol. The summed E-state index contributed by atoms with van der Waals surface area (Å²) >= 11 is 0. The molecule has 0 spiro atoms. The predicted octanol–water partition coefficient (Wildman–Crippen LogP) is 0.795. The van der Waals surface area contributed by atoms with Crippen LogP contribution in [0.3, 0.4) is 0 Å². The van der Waals surface area contributed by atoms with Crippen molar-refractivity contribution < 1.29 is 9.84 Å². The molecule has 1 N–H and O–H groups in total. The van der Waals surface area contributed by atoms with Gasteiger partial charge < -0.3 is 9.84 Å². The van der Waals surface area contributed by atoms with Gasteiger partial charge in [-0.3, -0.25) is 0 Å². The van der Waals surface area contributed by atoms with Gasteiger partial charge >= 0.3 is 0 Å². The molecule has 0 aromatic rings. The quantitative estimate of drug-likeness (QED) is 0.568. The molecule has 1 aliphatic heterocycles. The van der Waals surface area contributed by atoms with Crippen molar-refractivity contribution in [1.82, 2.24) is 0 Å². The fourth-order valence-electron chi connectivity index (χ4n) is 1.12. The molecule has 1 heterocycles. The molecule has 2 nitrogen and oxygen atoms in total. The molecule has 1 atom stereocenters. The molecule has 1 aliphatic rings. The van der Waals surface area contributed by atoms with E-state index < -0.39 is 0 Å². The highest BCUT2D eigenvalue weighted by Gasteiger charge is 2.26. The highest BCUT2D eigenvalue weighted by molar-refractivity contribution is 4.75. The van der Waals surface area contributed by atoms with E-state index in [9.17, 15) is 0 Å². The maximum absolute atomic E-state index is 8.87. The maximum atomic E-state index is 8.87. The van der Waals surface area contributed by atoms with E-state index in [1.165, 1.54) is 0 Å². The highest BCUT2D eigenvalue weighted by Crippen LogP contribution is 2.26. The average molecular weight is 130 g/mol. The van der Waals surface area contributed by atoms with Gasteiger partial charge in [-0.2, -0.15) is 0 Å². The van der Waals surface area contributed by atoms with Crippen LogP contribution in [0.2, 0.25) is 0 Å². The van der Waals surface area contributed by atoms with Crippen LogP contribution < -0.4 is 0 Å². The molecule has 1 rings (SSSR count). The number of ether oxygens (including phenoxy) is 1. The Hall–Kier alpha value is -0.0800. The van der Waals surface area contributed by atoms with Crippen LogP contribution >= 0.6 is 0 Å². The fraction of sp³-hybridized carbons (Fsp3) is 1.00. The van der Waals surface area contributed by atoms with Crippen molar-refractivity contribution in [3.63, 3.8) is 0 Å². The minimum atomic E-state index is 0.0538. The van der Waals surface area contributed by atoms with Gasteiger partial charge in [0.15, 0.2) is 0 Å². The second-order valence-corrected chi connectivity index (χ2v) is 3.12. The Morgan fingerprint density at radius 1 is 1.67 bits per heavy atom. The van der Waals surface area contributed by atoms with Crippen molar-refractivity contribution in [2.75, 3.05) is 19.8 Å². The molecule has 1 fully saturated rings. The minimum absolute atomic E-state index is 0.0538. The number of hydrogen-bond acceptors (Lipinski definition) is 2. The van der Waals surface area contributed by atoms with E-state index in [1.54, 1.807) is 0 Å². The van der Waals surface area contributed by atoms with Crippen molar-refractivity contribution in [2.24, 2.45) is 5.41 Å². The lowest BCUT2D eigenvalue weighted by Crippen LogP contribution is -2.31. The molecule has 0 amide bonds. The Labute approximate surface area is 55.8 Å². The SMILES string of the molecule is C[C@]1(CO)CCCOC1. The molecule has 0 bridgehead atoms.